The monoisotopic (exact) mass is 184 g/mol. The van der Waals surface area contributed by atoms with Gasteiger partial charge in [0.15, 0.2) is 0 Å². The van der Waals surface area contributed by atoms with E-state index in [9.17, 15) is 10.1 Å². The van der Waals surface area contributed by atoms with Gasteiger partial charge < -0.3 is 5.73 Å². The molecular weight excluding hydrogens is 168 g/mol. The van der Waals surface area contributed by atoms with Gasteiger partial charge in [-0.15, -0.1) is 0 Å². The fourth-order valence-corrected chi connectivity index (χ4v) is 0.525. The van der Waals surface area contributed by atoms with E-state index in [-0.39, 0.29) is 11.4 Å². The van der Waals surface area contributed by atoms with Crippen LogP contribution in [0.15, 0.2) is 36.2 Å². The molecule has 0 atom stereocenters. The van der Waals surface area contributed by atoms with E-state index >= 15 is 0 Å². The number of rotatable bonds is 3. The van der Waals surface area contributed by atoms with Gasteiger partial charge >= 0.3 is 0 Å². The Bertz CT molecular complexity index is 230. The standard InChI is InChI=1S/C7H10N2O2.C2H6/c1-3-5-7(9(10)11)6(8)4-2;1-2/h3-5H,2,8H2,1H3;1-2H3/b5-3-,7-6-;. The SMILES string of the molecule is C=C/C(N)=C(\C=C/C)[N+](=O)[O-].CC. The van der Waals surface area contributed by atoms with Crippen molar-refractivity contribution in [3.8, 4) is 0 Å². The van der Waals surface area contributed by atoms with Gasteiger partial charge in [0.25, 0.3) is 5.70 Å². The number of nitrogens with two attached hydrogens (primary N) is 1. The molecule has 0 aromatic rings. The first-order valence-corrected chi connectivity index (χ1v) is 4.02. The van der Waals surface area contributed by atoms with E-state index in [0.717, 1.165) is 0 Å². The van der Waals surface area contributed by atoms with E-state index in [2.05, 4.69) is 6.58 Å². The normalized spacial score (nSPS) is 11.3. The molecule has 0 rings (SSSR count). The molecular formula is C9H16N2O2. The molecule has 0 radical (unpaired) electrons. The summed E-state index contributed by atoms with van der Waals surface area (Å²) < 4.78 is 0. The average molecular weight is 184 g/mol. The molecule has 0 aromatic carbocycles. The zero-order valence-electron chi connectivity index (χ0n) is 8.28. The van der Waals surface area contributed by atoms with Crippen molar-refractivity contribution in [2.45, 2.75) is 20.8 Å². The highest BCUT2D eigenvalue weighted by Gasteiger charge is 2.08. The molecule has 0 aliphatic carbocycles. The molecule has 0 amide bonds. The smallest absolute Gasteiger partial charge is 0.291 e. The zero-order chi connectivity index (χ0) is 10.9. The predicted molar refractivity (Wildman–Crippen MR) is 54.6 cm³/mol. The Morgan fingerprint density at radius 2 is 2.00 bits per heavy atom. The van der Waals surface area contributed by atoms with Gasteiger partial charge in [0.1, 0.15) is 5.70 Å². The molecule has 0 aliphatic heterocycles. The summed E-state index contributed by atoms with van der Waals surface area (Å²) in [5.74, 6) is 0. The topological polar surface area (TPSA) is 69.2 Å². The molecule has 74 valence electrons. The van der Waals surface area contributed by atoms with Gasteiger partial charge in [-0.25, -0.2) is 0 Å². The Balaban J connectivity index is 0. The summed E-state index contributed by atoms with van der Waals surface area (Å²) in [5, 5.41) is 10.3. The van der Waals surface area contributed by atoms with E-state index in [4.69, 9.17) is 5.73 Å². The van der Waals surface area contributed by atoms with Crippen molar-refractivity contribution in [3.05, 3.63) is 46.3 Å². The summed E-state index contributed by atoms with van der Waals surface area (Å²) in [6.45, 7) is 9.01. The van der Waals surface area contributed by atoms with Crippen molar-refractivity contribution in [2.24, 2.45) is 5.73 Å². The van der Waals surface area contributed by atoms with Crippen LogP contribution in [0.2, 0.25) is 0 Å². The van der Waals surface area contributed by atoms with Crippen LogP contribution in [0.5, 0.6) is 0 Å². The number of hydrogen-bond acceptors (Lipinski definition) is 3. The number of nitro groups is 1. The largest absolute Gasteiger partial charge is 0.393 e. The van der Waals surface area contributed by atoms with Crippen molar-refractivity contribution in [3.63, 3.8) is 0 Å². The quantitative estimate of drug-likeness (QED) is 0.415. The fraction of sp³-hybridized carbons (Fsp3) is 0.333. The summed E-state index contributed by atoms with van der Waals surface area (Å²) in [6.07, 6.45) is 4.13. The van der Waals surface area contributed by atoms with Gasteiger partial charge in [0.05, 0.1) is 4.92 Å². The molecule has 0 heterocycles. The first-order valence-electron chi connectivity index (χ1n) is 4.02. The van der Waals surface area contributed by atoms with Gasteiger partial charge in [-0.1, -0.05) is 26.5 Å². The van der Waals surface area contributed by atoms with Crippen molar-refractivity contribution in [1.29, 1.82) is 0 Å². The molecule has 0 aromatic heterocycles. The summed E-state index contributed by atoms with van der Waals surface area (Å²) >= 11 is 0. The molecule has 0 aliphatic rings. The van der Waals surface area contributed by atoms with Crippen LogP contribution in [0.3, 0.4) is 0 Å². The third-order valence-electron chi connectivity index (χ3n) is 1.04. The van der Waals surface area contributed by atoms with E-state index in [1.54, 1.807) is 13.0 Å². The minimum Gasteiger partial charge on any atom is -0.393 e. The maximum absolute atomic E-state index is 10.3. The van der Waals surface area contributed by atoms with Gasteiger partial charge in [-0.05, 0) is 13.0 Å². The molecule has 0 fully saturated rings. The van der Waals surface area contributed by atoms with Gasteiger partial charge in [0, 0.05) is 6.08 Å². The Hall–Kier alpha value is -1.58. The zero-order valence-corrected chi connectivity index (χ0v) is 8.28. The second-order valence-electron chi connectivity index (χ2n) is 1.80. The molecule has 0 saturated carbocycles. The van der Waals surface area contributed by atoms with Crippen molar-refractivity contribution >= 4 is 0 Å². The lowest BCUT2D eigenvalue weighted by molar-refractivity contribution is -0.420. The highest BCUT2D eigenvalue weighted by Crippen LogP contribution is 2.02. The average Bonchev–Trinajstić information content (AvgIpc) is 2.15. The first-order chi connectivity index (χ1) is 6.13. The van der Waals surface area contributed by atoms with Crippen LogP contribution >= 0.6 is 0 Å². The van der Waals surface area contributed by atoms with Crippen LogP contribution in [-0.2, 0) is 0 Å². The first kappa shape index (κ1) is 14.0. The predicted octanol–water partition coefficient (Wildman–Crippen LogP) is 2.22. The van der Waals surface area contributed by atoms with Crippen LogP contribution in [0.1, 0.15) is 20.8 Å². The summed E-state index contributed by atoms with van der Waals surface area (Å²) in [5.41, 5.74) is 5.23. The molecule has 13 heavy (non-hydrogen) atoms. The second kappa shape index (κ2) is 8.52. The van der Waals surface area contributed by atoms with Crippen LogP contribution in [0.25, 0.3) is 0 Å². The third kappa shape index (κ3) is 5.66. The lowest BCUT2D eigenvalue weighted by Gasteiger charge is -1.92. The van der Waals surface area contributed by atoms with Crippen LogP contribution in [0, 0.1) is 10.1 Å². The Labute approximate surface area is 78.6 Å². The van der Waals surface area contributed by atoms with E-state index in [1.165, 1.54) is 12.2 Å². The molecule has 4 nitrogen and oxygen atoms in total. The van der Waals surface area contributed by atoms with E-state index in [0.29, 0.717) is 0 Å². The summed E-state index contributed by atoms with van der Waals surface area (Å²) in [4.78, 5) is 9.71. The number of hydrogen-bond donors (Lipinski definition) is 1. The molecule has 0 bridgehead atoms. The van der Waals surface area contributed by atoms with Crippen LogP contribution < -0.4 is 5.73 Å². The number of nitrogens with zero attached hydrogens (tertiary/aromatic N) is 1. The molecule has 2 N–H and O–H groups in total. The van der Waals surface area contributed by atoms with E-state index in [1.807, 2.05) is 13.8 Å². The molecule has 0 unspecified atom stereocenters. The van der Waals surface area contributed by atoms with Crippen molar-refractivity contribution in [1.82, 2.24) is 0 Å². The van der Waals surface area contributed by atoms with Gasteiger partial charge in [-0.3, -0.25) is 10.1 Å². The minimum absolute atomic E-state index is 0.0769. The van der Waals surface area contributed by atoms with Crippen LogP contribution in [0.4, 0.5) is 0 Å². The third-order valence-corrected chi connectivity index (χ3v) is 1.04. The summed E-state index contributed by atoms with van der Waals surface area (Å²) in [7, 11) is 0. The second-order valence-corrected chi connectivity index (χ2v) is 1.80. The van der Waals surface area contributed by atoms with Gasteiger partial charge in [0.2, 0.25) is 0 Å². The molecule has 0 spiro atoms. The lowest BCUT2D eigenvalue weighted by atomic mass is 10.3. The lowest BCUT2D eigenvalue weighted by Crippen LogP contribution is -2.05. The maximum atomic E-state index is 10.3. The van der Waals surface area contributed by atoms with Crippen molar-refractivity contribution < 1.29 is 4.92 Å². The highest BCUT2D eigenvalue weighted by molar-refractivity contribution is 5.23. The Morgan fingerprint density at radius 1 is 1.54 bits per heavy atom. The summed E-state index contributed by atoms with van der Waals surface area (Å²) in [6, 6.07) is 0. The van der Waals surface area contributed by atoms with Gasteiger partial charge in [-0.2, -0.15) is 0 Å². The fourth-order valence-electron chi connectivity index (χ4n) is 0.525. The minimum atomic E-state index is -0.545. The Morgan fingerprint density at radius 3 is 2.23 bits per heavy atom. The maximum Gasteiger partial charge on any atom is 0.291 e. The van der Waals surface area contributed by atoms with Crippen LogP contribution in [-0.4, -0.2) is 4.92 Å². The van der Waals surface area contributed by atoms with Crippen molar-refractivity contribution in [2.75, 3.05) is 0 Å². The molecule has 4 heteroatoms. The highest BCUT2D eigenvalue weighted by atomic mass is 16.6. The Kier molecular flexibility index (Phi) is 9.15. The number of allylic oxidation sites excluding steroid dienone is 3. The van der Waals surface area contributed by atoms with E-state index < -0.39 is 4.92 Å². The molecule has 0 saturated heterocycles.